The number of hydrogen-bond acceptors (Lipinski definition) is 4. The van der Waals surface area contributed by atoms with E-state index in [1.165, 1.54) is 5.56 Å². The van der Waals surface area contributed by atoms with Crippen LogP contribution in [-0.4, -0.2) is 17.9 Å². The summed E-state index contributed by atoms with van der Waals surface area (Å²) in [5, 5.41) is 15.0. The van der Waals surface area contributed by atoms with Crippen molar-refractivity contribution in [2.24, 2.45) is 4.99 Å². The number of phenolic OH excluding ortho intramolecular Hbond substituents is 1. The molecule has 2 N–H and O–H groups in total. The van der Waals surface area contributed by atoms with Gasteiger partial charge in [0.15, 0.2) is 11.5 Å². The summed E-state index contributed by atoms with van der Waals surface area (Å²) in [5.41, 5.74) is 5.07. The molecule has 0 radical (unpaired) electrons. The van der Waals surface area contributed by atoms with E-state index in [9.17, 15) is 5.11 Å². The van der Waals surface area contributed by atoms with Crippen LogP contribution in [0.4, 0.5) is 0 Å². The van der Waals surface area contributed by atoms with E-state index in [4.69, 9.17) is 21.3 Å². The van der Waals surface area contributed by atoms with Crippen molar-refractivity contribution < 1.29 is 9.84 Å². The minimum absolute atomic E-state index is 0.111. The van der Waals surface area contributed by atoms with Crippen LogP contribution in [-0.2, 0) is 0 Å². The van der Waals surface area contributed by atoms with Gasteiger partial charge in [0, 0.05) is 28.8 Å². The molecule has 0 fully saturated rings. The average Bonchev–Trinajstić information content (AvgIpc) is 2.74. The van der Waals surface area contributed by atoms with Gasteiger partial charge in [-0.05, 0) is 36.2 Å². The predicted octanol–water partition coefficient (Wildman–Crippen LogP) is 5.59. The lowest BCUT2D eigenvalue weighted by Gasteiger charge is -2.31. The van der Waals surface area contributed by atoms with Gasteiger partial charge in [-0.3, -0.25) is 10.3 Å². The summed E-state index contributed by atoms with van der Waals surface area (Å²) >= 11 is 6.07. The van der Waals surface area contributed by atoms with Crippen LogP contribution in [0.15, 0.2) is 71.7 Å². The monoisotopic (exact) mass is 406 g/mol. The summed E-state index contributed by atoms with van der Waals surface area (Å²) in [7, 11) is 1.56. The van der Waals surface area contributed by atoms with E-state index in [1.54, 1.807) is 13.2 Å². The number of halogens is 1. The molecular weight excluding hydrogens is 384 g/mol. The maximum atomic E-state index is 10.7. The van der Waals surface area contributed by atoms with Crippen molar-refractivity contribution in [1.29, 1.82) is 0 Å². The molecule has 1 aliphatic heterocycles. The maximum Gasteiger partial charge on any atom is 0.162 e. The van der Waals surface area contributed by atoms with Crippen molar-refractivity contribution in [3.8, 4) is 11.5 Å². The molecule has 3 aromatic carbocycles. The van der Waals surface area contributed by atoms with Crippen LogP contribution in [0, 0.1) is 6.92 Å². The molecule has 0 aromatic heterocycles. The molecule has 0 amide bonds. The largest absolute Gasteiger partial charge is 0.504 e. The minimum Gasteiger partial charge on any atom is -0.504 e. The lowest BCUT2D eigenvalue weighted by molar-refractivity contribution is 0.360. The van der Waals surface area contributed by atoms with Crippen LogP contribution in [0.25, 0.3) is 0 Å². The smallest absolute Gasteiger partial charge is 0.162 e. The SMILES string of the molecule is COc1cccc([C@@H]2CC(c3ccc(Cl)cc3)=N[C@H](c3ccc(C)cc3)N2)c1O. The molecule has 2 atom stereocenters. The summed E-state index contributed by atoms with van der Waals surface area (Å²) < 4.78 is 5.30. The highest BCUT2D eigenvalue weighted by molar-refractivity contribution is 6.30. The van der Waals surface area contributed by atoms with Gasteiger partial charge in [0.2, 0.25) is 0 Å². The molecule has 1 heterocycles. The normalized spacial score (nSPS) is 18.9. The zero-order valence-corrected chi connectivity index (χ0v) is 17.1. The minimum atomic E-state index is -0.217. The van der Waals surface area contributed by atoms with Crippen molar-refractivity contribution in [3.05, 3.63) is 94.0 Å². The first-order valence-corrected chi connectivity index (χ1v) is 9.94. The highest BCUT2D eigenvalue weighted by Crippen LogP contribution is 2.38. The van der Waals surface area contributed by atoms with Crippen LogP contribution in [0.1, 0.15) is 40.9 Å². The standard InChI is InChI=1S/C24H23ClN2O2/c1-15-6-8-17(9-7-15)24-26-20(16-10-12-18(25)13-11-16)14-21(27-24)19-4-3-5-22(29-2)23(19)28/h3-13,21,24,27-28H,14H2,1-2H3/t21-,24-/m0/s1. The molecule has 4 rings (SSSR count). The van der Waals surface area contributed by atoms with E-state index in [-0.39, 0.29) is 18.0 Å². The molecule has 0 saturated carbocycles. The lowest BCUT2D eigenvalue weighted by Crippen LogP contribution is -2.33. The topological polar surface area (TPSA) is 53.8 Å². The molecule has 0 unspecified atom stereocenters. The van der Waals surface area contributed by atoms with Crippen LogP contribution >= 0.6 is 11.6 Å². The van der Waals surface area contributed by atoms with Gasteiger partial charge in [-0.15, -0.1) is 0 Å². The maximum absolute atomic E-state index is 10.7. The Kier molecular flexibility index (Phi) is 5.56. The van der Waals surface area contributed by atoms with Gasteiger partial charge in [-0.25, -0.2) is 0 Å². The number of nitrogens with zero attached hydrogens (tertiary/aromatic N) is 1. The number of aliphatic imine (C=N–C) groups is 1. The van der Waals surface area contributed by atoms with Gasteiger partial charge in [0.05, 0.1) is 7.11 Å². The molecule has 148 valence electrons. The Bertz CT molecular complexity index is 1030. The molecule has 5 heteroatoms. The van der Waals surface area contributed by atoms with Gasteiger partial charge in [0.1, 0.15) is 6.17 Å². The number of nitrogens with one attached hydrogen (secondary N) is 1. The third-order valence-corrected chi connectivity index (χ3v) is 5.49. The summed E-state index contributed by atoms with van der Waals surface area (Å²) in [5.74, 6) is 0.624. The molecule has 4 nitrogen and oxygen atoms in total. The van der Waals surface area contributed by atoms with Crippen molar-refractivity contribution in [3.63, 3.8) is 0 Å². The highest BCUT2D eigenvalue weighted by Gasteiger charge is 2.28. The number of rotatable bonds is 4. The Morgan fingerprint density at radius 3 is 2.45 bits per heavy atom. The van der Waals surface area contributed by atoms with Crippen LogP contribution < -0.4 is 10.1 Å². The Balaban J connectivity index is 1.76. The first kappa shape index (κ1) is 19.5. The predicted molar refractivity (Wildman–Crippen MR) is 117 cm³/mol. The summed E-state index contributed by atoms with van der Waals surface area (Å²) in [6.07, 6.45) is 0.427. The zero-order chi connectivity index (χ0) is 20.4. The molecule has 0 aliphatic carbocycles. The van der Waals surface area contributed by atoms with E-state index in [0.717, 1.165) is 22.4 Å². The summed E-state index contributed by atoms with van der Waals surface area (Å²) in [6.45, 7) is 2.07. The highest BCUT2D eigenvalue weighted by atomic mass is 35.5. The quantitative estimate of drug-likeness (QED) is 0.594. The third-order valence-electron chi connectivity index (χ3n) is 5.24. The first-order chi connectivity index (χ1) is 14.0. The van der Waals surface area contributed by atoms with Gasteiger partial charge in [-0.1, -0.05) is 65.7 Å². The summed E-state index contributed by atoms with van der Waals surface area (Å²) in [6, 6.07) is 21.5. The van der Waals surface area contributed by atoms with Gasteiger partial charge in [0.25, 0.3) is 0 Å². The number of hydrogen-bond donors (Lipinski definition) is 2. The van der Waals surface area contributed by atoms with E-state index < -0.39 is 0 Å². The Labute approximate surface area is 175 Å². The van der Waals surface area contributed by atoms with E-state index in [2.05, 4.69) is 36.5 Å². The fraction of sp³-hybridized carbons (Fsp3) is 0.208. The number of ether oxygens (including phenoxy) is 1. The zero-order valence-electron chi connectivity index (χ0n) is 16.4. The van der Waals surface area contributed by atoms with Gasteiger partial charge < -0.3 is 9.84 Å². The molecule has 0 saturated heterocycles. The molecule has 0 bridgehead atoms. The second-order valence-corrected chi connectivity index (χ2v) is 7.65. The second kappa shape index (κ2) is 8.27. The van der Waals surface area contributed by atoms with Gasteiger partial charge >= 0.3 is 0 Å². The Hall–Kier alpha value is -2.82. The number of para-hydroxylation sites is 1. The van der Waals surface area contributed by atoms with Gasteiger partial charge in [-0.2, -0.15) is 0 Å². The molecule has 3 aromatic rings. The molecule has 1 aliphatic rings. The Morgan fingerprint density at radius 1 is 1.03 bits per heavy atom. The number of aryl methyl sites for hydroxylation is 1. The fourth-order valence-electron chi connectivity index (χ4n) is 3.63. The van der Waals surface area contributed by atoms with Crippen LogP contribution in [0.2, 0.25) is 5.02 Å². The number of benzene rings is 3. The summed E-state index contributed by atoms with van der Waals surface area (Å²) in [4.78, 5) is 4.98. The second-order valence-electron chi connectivity index (χ2n) is 7.22. The van der Waals surface area contributed by atoms with Crippen molar-refractivity contribution in [2.75, 3.05) is 7.11 Å². The van der Waals surface area contributed by atoms with E-state index in [1.807, 2.05) is 36.4 Å². The van der Waals surface area contributed by atoms with Crippen molar-refractivity contribution in [2.45, 2.75) is 25.6 Å². The van der Waals surface area contributed by atoms with Crippen molar-refractivity contribution >= 4 is 17.3 Å². The third kappa shape index (κ3) is 4.14. The van der Waals surface area contributed by atoms with Crippen molar-refractivity contribution in [1.82, 2.24) is 5.32 Å². The molecular formula is C24H23ClN2O2. The first-order valence-electron chi connectivity index (χ1n) is 9.56. The molecule has 0 spiro atoms. The van der Waals surface area contributed by atoms with Crippen LogP contribution in [0.3, 0.4) is 0 Å². The van der Waals surface area contributed by atoms with Crippen LogP contribution in [0.5, 0.6) is 11.5 Å². The lowest BCUT2D eigenvalue weighted by atomic mass is 9.93. The fourth-order valence-corrected chi connectivity index (χ4v) is 3.75. The average molecular weight is 407 g/mol. The molecule has 29 heavy (non-hydrogen) atoms. The van der Waals surface area contributed by atoms with E-state index >= 15 is 0 Å². The number of aromatic hydroxyl groups is 1. The number of phenols is 1. The Morgan fingerprint density at radius 2 is 1.76 bits per heavy atom. The number of methoxy groups -OCH3 is 1. The van der Waals surface area contributed by atoms with E-state index in [0.29, 0.717) is 17.2 Å².